The molecule has 1 aliphatic heterocycles. The molecule has 0 amide bonds. The van der Waals surface area contributed by atoms with E-state index in [4.69, 9.17) is 4.74 Å². The van der Waals surface area contributed by atoms with Crippen molar-refractivity contribution in [3.63, 3.8) is 0 Å². The maximum absolute atomic E-state index is 13.9. The molecular weight excluding hydrogens is 344 g/mol. The largest absolute Gasteiger partial charge is 0.475 e. The van der Waals surface area contributed by atoms with E-state index >= 15 is 0 Å². The molecule has 0 radical (unpaired) electrons. The van der Waals surface area contributed by atoms with Crippen molar-refractivity contribution in [2.45, 2.75) is 51.5 Å². The van der Waals surface area contributed by atoms with Gasteiger partial charge in [-0.2, -0.15) is 0 Å². The minimum Gasteiger partial charge on any atom is -0.475 e. The van der Waals surface area contributed by atoms with Gasteiger partial charge in [0.1, 0.15) is 29.8 Å². The monoisotopic (exact) mass is 369 g/mol. The van der Waals surface area contributed by atoms with Gasteiger partial charge in [0, 0.05) is 0 Å². The molecule has 0 bridgehead atoms. The Balaban J connectivity index is 1.49. The van der Waals surface area contributed by atoms with Crippen molar-refractivity contribution in [1.29, 1.82) is 0 Å². The van der Waals surface area contributed by atoms with Crippen LogP contribution in [0.5, 0.6) is 0 Å². The maximum atomic E-state index is 13.9. The molecule has 1 unspecified atom stereocenters. The fraction of sp³-hybridized carbons (Fsp3) is 0.435. The van der Waals surface area contributed by atoms with Gasteiger partial charge in [0.25, 0.3) is 0 Å². The number of rotatable bonds is 3. The van der Waals surface area contributed by atoms with E-state index in [9.17, 15) is 8.78 Å². The van der Waals surface area contributed by atoms with Crippen molar-refractivity contribution in [2.24, 2.45) is 10.4 Å². The molecule has 4 heteroatoms. The maximum Gasteiger partial charge on any atom is 0.222 e. The van der Waals surface area contributed by atoms with E-state index in [-0.39, 0.29) is 17.5 Å². The molecule has 2 aromatic carbocycles. The van der Waals surface area contributed by atoms with Crippen molar-refractivity contribution in [2.75, 3.05) is 6.61 Å². The number of benzene rings is 2. The Morgan fingerprint density at radius 1 is 0.926 bits per heavy atom. The summed E-state index contributed by atoms with van der Waals surface area (Å²) in [5.41, 5.74) is 2.67. The minimum absolute atomic E-state index is 0.0502. The molecule has 1 aliphatic carbocycles. The zero-order valence-electron chi connectivity index (χ0n) is 15.8. The number of aliphatic imine (C=N–C) groups is 1. The average molecular weight is 369 g/mol. The summed E-state index contributed by atoms with van der Waals surface area (Å²) in [5, 5.41) is 0. The van der Waals surface area contributed by atoms with E-state index in [1.54, 1.807) is 0 Å². The summed E-state index contributed by atoms with van der Waals surface area (Å²) >= 11 is 0. The standard InChI is InChI=1S/C23H25F2NO/c1-23(2)12-10-16(11-13-23)15-6-8-17(9-7-15)20-14-27-22(26-20)21-18(24)4-3-5-19(21)25/h3-9,16,20H,10-14H2,1-2H3. The number of halogens is 2. The number of nitrogens with zero attached hydrogens (tertiary/aromatic N) is 1. The van der Waals surface area contributed by atoms with Crippen LogP contribution >= 0.6 is 0 Å². The molecule has 1 saturated carbocycles. The normalized spacial score (nSPS) is 22.4. The molecule has 27 heavy (non-hydrogen) atoms. The molecule has 0 N–H and O–H groups in total. The van der Waals surface area contributed by atoms with Crippen molar-refractivity contribution in [3.8, 4) is 0 Å². The summed E-state index contributed by atoms with van der Waals surface area (Å²) in [6, 6.07) is 12.1. The lowest BCUT2D eigenvalue weighted by Gasteiger charge is -2.34. The molecular formula is C23H25F2NO. The van der Waals surface area contributed by atoms with Gasteiger partial charge < -0.3 is 4.74 Å². The third kappa shape index (κ3) is 3.76. The quantitative estimate of drug-likeness (QED) is 0.634. The summed E-state index contributed by atoms with van der Waals surface area (Å²) in [4.78, 5) is 4.43. The highest BCUT2D eigenvalue weighted by atomic mass is 19.1. The van der Waals surface area contributed by atoms with Crippen molar-refractivity contribution >= 4 is 5.90 Å². The van der Waals surface area contributed by atoms with Gasteiger partial charge in [-0.1, -0.05) is 44.2 Å². The molecule has 1 atom stereocenters. The smallest absolute Gasteiger partial charge is 0.222 e. The second-order valence-electron chi connectivity index (χ2n) is 8.46. The zero-order chi connectivity index (χ0) is 19.0. The Bertz CT molecular complexity index is 827. The van der Waals surface area contributed by atoms with Gasteiger partial charge in [0.2, 0.25) is 5.90 Å². The van der Waals surface area contributed by atoms with Crippen LogP contribution in [0.1, 0.15) is 68.2 Å². The summed E-state index contributed by atoms with van der Waals surface area (Å²) in [6.07, 6.45) is 4.98. The van der Waals surface area contributed by atoms with E-state index in [2.05, 4.69) is 43.1 Å². The van der Waals surface area contributed by atoms with Crippen LogP contribution in [0, 0.1) is 17.0 Å². The molecule has 4 rings (SSSR count). The predicted octanol–water partition coefficient (Wildman–Crippen LogP) is 6.17. The van der Waals surface area contributed by atoms with Gasteiger partial charge in [-0.05, 0) is 60.3 Å². The van der Waals surface area contributed by atoms with Crippen LogP contribution in [-0.2, 0) is 4.74 Å². The fourth-order valence-corrected chi connectivity index (χ4v) is 4.11. The molecule has 0 saturated heterocycles. The molecule has 0 aromatic heterocycles. The highest BCUT2D eigenvalue weighted by Gasteiger charge is 2.29. The van der Waals surface area contributed by atoms with Crippen LogP contribution in [0.25, 0.3) is 0 Å². The third-order valence-electron chi connectivity index (χ3n) is 5.96. The summed E-state index contributed by atoms with van der Waals surface area (Å²) < 4.78 is 33.4. The van der Waals surface area contributed by atoms with Crippen molar-refractivity contribution < 1.29 is 13.5 Å². The summed E-state index contributed by atoms with van der Waals surface area (Å²) in [6.45, 7) is 5.00. The molecule has 1 fully saturated rings. The minimum atomic E-state index is -0.648. The predicted molar refractivity (Wildman–Crippen MR) is 103 cm³/mol. The third-order valence-corrected chi connectivity index (χ3v) is 5.96. The molecule has 2 aromatic rings. The highest BCUT2D eigenvalue weighted by molar-refractivity contribution is 5.95. The first-order valence-electron chi connectivity index (χ1n) is 9.68. The Kier molecular flexibility index (Phi) is 4.75. The molecule has 2 nitrogen and oxygen atoms in total. The van der Waals surface area contributed by atoms with E-state index in [0.717, 1.165) is 5.56 Å². The van der Waals surface area contributed by atoms with Gasteiger partial charge in [0.15, 0.2) is 0 Å². The average Bonchev–Trinajstić information content (AvgIpc) is 3.11. The van der Waals surface area contributed by atoms with Crippen LogP contribution in [0.3, 0.4) is 0 Å². The van der Waals surface area contributed by atoms with E-state index in [0.29, 0.717) is 17.9 Å². The first-order chi connectivity index (χ1) is 12.9. The summed E-state index contributed by atoms with van der Waals surface area (Å²) in [7, 11) is 0. The Morgan fingerprint density at radius 2 is 1.52 bits per heavy atom. The lowest BCUT2D eigenvalue weighted by atomic mass is 9.71. The molecule has 1 heterocycles. The van der Waals surface area contributed by atoms with Gasteiger partial charge in [-0.3, -0.25) is 0 Å². The van der Waals surface area contributed by atoms with Gasteiger partial charge >= 0.3 is 0 Å². The zero-order valence-corrected chi connectivity index (χ0v) is 15.8. The number of ether oxygens (including phenoxy) is 1. The molecule has 2 aliphatic rings. The second kappa shape index (κ2) is 7.06. The molecule has 142 valence electrons. The van der Waals surface area contributed by atoms with Gasteiger partial charge in [-0.25, -0.2) is 13.8 Å². The number of hydrogen-bond donors (Lipinski definition) is 0. The Labute approximate surface area is 159 Å². The van der Waals surface area contributed by atoms with E-state index in [1.165, 1.54) is 49.4 Å². The highest BCUT2D eigenvalue weighted by Crippen LogP contribution is 2.42. The lowest BCUT2D eigenvalue weighted by Crippen LogP contribution is -2.20. The van der Waals surface area contributed by atoms with Crippen LogP contribution in [-0.4, -0.2) is 12.5 Å². The first-order valence-corrected chi connectivity index (χ1v) is 9.68. The van der Waals surface area contributed by atoms with E-state index in [1.807, 2.05) is 0 Å². The van der Waals surface area contributed by atoms with Gasteiger partial charge in [0.05, 0.1) is 0 Å². The number of hydrogen-bond acceptors (Lipinski definition) is 2. The van der Waals surface area contributed by atoms with Crippen LogP contribution in [0.4, 0.5) is 8.78 Å². The van der Waals surface area contributed by atoms with Crippen LogP contribution < -0.4 is 0 Å². The van der Waals surface area contributed by atoms with Crippen LogP contribution in [0.2, 0.25) is 0 Å². The van der Waals surface area contributed by atoms with Gasteiger partial charge in [-0.15, -0.1) is 0 Å². The SMILES string of the molecule is CC1(C)CCC(c2ccc(C3COC(c4c(F)cccc4F)=N3)cc2)CC1. The summed E-state index contributed by atoms with van der Waals surface area (Å²) in [5.74, 6) is -0.623. The first kappa shape index (κ1) is 18.1. The Hall–Kier alpha value is -2.23. The van der Waals surface area contributed by atoms with Crippen molar-refractivity contribution in [1.82, 2.24) is 0 Å². The Morgan fingerprint density at radius 3 is 2.15 bits per heavy atom. The second-order valence-corrected chi connectivity index (χ2v) is 8.46. The topological polar surface area (TPSA) is 21.6 Å². The van der Waals surface area contributed by atoms with Crippen molar-refractivity contribution in [3.05, 3.63) is 70.8 Å². The molecule has 0 spiro atoms. The lowest BCUT2D eigenvalue weighted by molar-refractivity contribution is 0.224. The van der Waals surface area contributed by atoms with Crippen LogP contribution in [0.15, 0.2) is 47.5 Å². The fourth-order valence-electron chi connectivity index (χ4n) is 4.11. The van der Waals surface area contributed by atoms with E-state index < -0.39 is 11.6 Å².